The fourth-order valence-electron chi connectivity index (χ4n) is 7.40. The van der Waals surface area contributed by atoms with Gasteiger partial charge in [-0.05, 0) is 61.8 Å². The van der Waals surface area contributed by atoms with E-state index in [-0.39, 0.29) is 36.6 Å². The number of halogens is 1. The van der Waals surface area contributed by atoms with Gasteiger partial charge in [0, 0.05) is 29.1 Å². The molecule has 3 aromatic rings. The van der Waals surface area contributed by atoms with E-state index in [4.69, 9.17) is 9.72 Å². The van der Waals surface area contributed by atoms with E-state index in [0.717, 1.165) is 16.5 Å². The molecular formula is C31H31FN4O7. The topological polar surface area (TPSA) is 151 Å². The first-order chi connectivity index (χ1) is 20.6. The molecule has 7 rings (SSSR count). The molecule has 0 saturated carbocycles. The number of carbonyl (C=O) groups is 3. The van der Waals surface area contributed by atoms with Gasteiger partial charge in [0.1, 0.15) is 25.1 Å². The van der Waals surface area contributed by atoms with E-state index in [1.54, 1.807) is 19.9 Å². The molecule has 0 radical (unpaired) electrons. The van der Waals surface area contributed by atoms with Crippen molar-refractivity contribution in [1.82, 2.24) is 19.8 Å². The molecule has 0 spiro atoms. The molecule has 4 aliphatic rings. The Morgan fingerprint density at radius 1 is 1.21 bits per heavy atom. The lowest BCUT2D eigenvalue weighted by Gasteiger charge is -2.32. The van der Waals surface area contributed by atoms with Gasteiger partial charge in [0.25, 0.3) is 5.56 Å². The molecule has 5 heterocycles. The Hall–Kier alpha value is -4.16. The third kappa shape index (κ3) is 3.82. The lowest BCUT2D eigenvalue weighted by Crippen LogP contribution is -2.48. The van der Waals surface area contributed by atoms with Gasteiger partial charge in [-0.1, -0.05) is 6.92 Å². The summed E-state index contributed by atoms with van der Waals surface area (Å²) in [5.74, 6) is -2.07. The molecule has 0 bridgehead atoms. The lowest BCUT2D eigenvalue weighted by molar-refractivity contribution is -0.172. The van der Waals surface area contributed by atoms with Crippen LogP contribution in [0.2, 0.25) is 0 Å². The molecule has 1 aromatic carbocycles. The number of hydrogen-bond donors (Lipinski definition) is 3. The number of ether oxygens (including phenoxy) is 1. The molecule has 1 aliphatic carbocycles. The summed E-state index contributed by atoms with van der Waals surface area (Å²) in [6, 6.07) is 1.75. The predicted molar refractivity (Wildman–Crippen MR) is 150 cm³/mol. The molecule has 2 aromatic heterocycles. The second-order valence-electron chi connectivity index (χ2n) is 11.8. The van der Waals surface area contributed by atoms with E-state index in [1.807, 2.05) is 0 Å². The number of aliphatic hydroxyl groups excluding tert-OH is 1. The fraction of sp³-hybridized carbons (Fsp3) is 0.452. The van der Waals surface area contributed by atoms with Crippen molar-refractivity contribution < 1.29 is 33.7 Å². The van der Waals surface area contributed by atoms with E-state index < -0.39 is 47.5 Å². The molecule has 43 heavy (non-hydrogen) atoms. The van der Waals surface area contributed by atoms with Gasteiger partial charge in [0.2, 0.25) is 11.8 Å². The van der Waals surface area contributed by atoms with Gasteiger partial charge in [0.05, 0.1) is 35.1 Å². The van der Waals surface area contributed by atoms with Gasteiger partial charge in [0.15, 0.2) is 5.60 Å². The number of cyclic esters (lactones) is 1. The quantitative estimate of drug-likeness (QED) is 0.304. The average Bonchev–Trinajstić information content (AvgIpc) is 3.64. The van der Waals surface area contributed by atoms with E-state index in [1.165, 1.54) is 15.5 Å². The number of benzene rings is 1. The van der Waals surface area contributed by atoms with Crippen molar-refractivity contribution >= 4 is 28.7 Å². The maximum atomic E-state index is 15.1. The zero-order chi connectivity index (χ0) is 30.4. The maximum absolute atomic E-state index is 15.1. The molecular weight excluding hydrogens is 559 g/mol. The van der Waals surface area contributed by atoms with Crippen LogP contribution < -0.4 is 10.9 Å². The van der Waals surface area contributed by atoms with Crippen LogP contribution in [0.25, 0.3) is 22.3 Å². The second kappa shape index (κ2) is 9.68. The smallest absolute Gasteiger partial charge is 0.343 e. The van der Waals surface area contributed by atoms with Crippen LogP contribution in [0.1, 0.15) is 72.0 Å². The van der Waals surface area contributed by atoms with Crippen molar-refractivity contribution in [2.45, 2.75) is 76.8 Å². The zero-order valence-electron chi connectivity index (χ0n) is 23.8. The van der Waals surface area contributed by atoms with Crippen LogP contribution in [-0.2, 0) is 44.3 Å². The Kier molecular flexibility index (Phi) is 6.23. The molecule has 224 valence electrons. The molecule has 11 nitrogen and oxygen atoms in total. The number of aryl methyl sites for hydroxylation is 1. The van der Waals surface area contributed by atoms with Crippen molar-refractivity contribution in [2.24, 2.45) is 0 Å². The number of pyridine rings is 2. The van der Waals surface area contributed by atoms with Crippen LogP contribution in [0, 0.1) is 12.7 Å². The lowest BCUT2D eigenvalue weighted by atomic mass is 9.81. The summed E-state index contributed by atoms with van der Waals surface area (Å²) in [7, 11) is 0. The number of nitrogens with zero attached hydrogens (tertiary/aromatic N) is 3. The van der Waals surface area contributed by atoms with Gasteiger partial charge >= 0.3 is 5.97 Å². The van der Waals surface area contributed by atoms with Gasteiger partial charge in [-0.3, -0.25) is 14.4 Å². The summed E-state index contributed by atoms with van der Waals surface area (Å²) in [4.78, 5) is 58.5. The summed E-state index contributed by atoms with van der Waals surface area (Å²) in [6.45, 7) is 2.93. The maximum Gasteiger partial charge on any atom is 0.343 e. The van der Waals surface area contributed by atoms with Crippen molar-refractivity contribution in [3.8, 4) is 11.4 Å². The fourth-order valence-corrected chi connectivity index (χ4v) is 7.40. The number of nitrogens with one attached hydrogen (secondary N) is 1. The molecule has 3 aliphatic heterocycles. The Morgan fingerprint density at radius 2 is 2.00 bits per heavy atom. The number of carbonyl (C=O) groups excluding carboxylic acids is 3. The molecule has 1 fully saturated rings. The molecule has 12 heteroatoms. The van der Waals surface area contributed by atoms with Crippen molar-refractivity contribution in [2.75, 3.05) is 13.2 Å². The van der Waals surface area contributed by atoms with Crippen molar-refractivity contribution in [1.29, 1.82) is 0 Å². The minimum Gasteiger partial charge on any atom is -0.458 e. The SMILES string of the molecule is CC[C@@]1(O)C(=O)OCc2c1cc1n(c2=O)Cc2c-1nc1cc(F)c(C)c3c1c2[C@@H](NC(=O)[C@H]1CCCN1C(=O)CO)CC3. The van der Waals surface area contributed by atoms with E-state index in [9.17, 15) is 29.4 Å². The summed E-state index contributed by atoms with van der Waals surface area (Å²) < 4.78 is 21.8. The Bertz CT molecular complexity index is 1840. The van der Waals surface area contributed by atoms with E-state index in [2.05, 4.69) is 5.32 Å². The Labute approximate surface area is 245 Å². The minimum atomic E-state index is -1.98. The number of rotatable bonds is 4. The van der Waals surface area contributed by atoms with Gasteiger partial charge in [-0.2, -0.15) is 0 Å². The standard InChI is InChI=1S/C31H31FN4O7/c1-3-31(42)18-9-23-27-16(11-36(23)29(40)17(18)13-43-30(31)41)26-20(34-28(39)22-5-4-8-35(22)24(38)12-37)7-6-15-14(2)19(32)10-21(33-27)25(15)26/h9-10,20,22,37,42H,3-8,11-13H2,1-2H3,(H,34,39)/t20-,22+,31-/m0/s1. The number of likely N-dealkylation sites (tertiary alicyclic amines) is 1. The highest BCUT2D eigenvalue weighted by molar-refractivity contribution is 5.95. The van der Waals surface area contributed by atoms with Gasteiger partial charge in [-0.15, -0.1) is 0 Å². The van der Waals surface area contributed by atoms with E-state index >= 15 is 4.39 Å². The van der Waals surface area contributed by atoms with E-state index in [0.29, 0.717) is 60.3 Å². The largest absolute Gasteiger partial charge is 0.458 e. The number of hydrogen-bond acceptors (Lipinski definition) is 8. The van der Waals surface area contributed by atoms with Gasteiger partial charge < -0.3 is 29.7 Å². The molecule has 0 unspecified atom stereocenters. The summed E-state index contributed by atoms with van der Waals surface area (Å²) in [5.41, 5.74) is 1.93. The van der Waals surface area contributed by atoms with Crippen LogP contribution in [0.15, 0.2) is 16.9 Å². The first-order valence-electron chi connectivity index (χ1n) is 14.6. The highest BCUT2D eigenvalue weighted by Crippen LogP contribution is 2.46. The highest BCUT2D eigenvalue weighted by atomic mass is 19.1. The number of aromatic nitrogens is 2. The zero-order valence-corrected chi connectivity index (χ0v) is 23.8. The van der Waals surface area contributed by atoms with Crippen LogP contribution in [0.5, 0.6) is 0 Å². The monoisotopic (exact) mass is 590 g/mol. The Morgan fingerprint density at radius 3 is 2.74 bits per heavy atom. The third-order valence-corrected chi connectivity index (χ3v) is 9.71. The molecule has 3 atom stereocenters. The highest BCUT2D eigenvalue weighted by Gasteiger charge is 2.46. The van der Waals surface area contributed by atoms with Crippen LogP contribution in [-0.4, -0.2) is 61.6 Å². The molecule has 1 saturated heterocycles. The number of esters is 1. The normalized spacial score (nSPS) is 23.6. The van der Waals surface area contributed by atoms with Crippen molar-refractivity contribution in [3.05, 3.63) is 61.7 Å². The van der Waals surface area contributed by atoms with Gasteiger partial charge in [-0.25, -0.2) is 14.2 Å². The first-order valence-corrected chi connectivity index (χ1v) is 14.6. The third-order valence-electron chi connectivity index (χ3n) is 9.71. The first kappa shape index (κ1) is 27.7. The van der Waals surface area contributed by atoms with Crippen LogP contribution in [0.3, 0.4) is 0 Å². The number of fused-ring (bicyclic) bond motifs is 5. The van der Waals surface area contributed by atoms with Crippen molar-refractivity contribution in [3.63, 3.8) is 0 Å². The second-order valence-corrected chi connectivity index (χ2v) is 11.8. The van der Waals surface area contributed by atoms with Crippen LogP contribution >= 0.6 is 0 Å². The summed E-state index contributed by atoms with van der Waals surface area (Å²) in [5, 5.41) is 24.5. The summed E-state index contributed by atoms with van der Waals surface area (Å²) >= 11 is 0. The molecule has 3 N–H and O–H groups in total. The number of aliphatic hydroxyl groups is 2. The Balaban J connectivity index is 1.40. The average molecular weight is 591 g/mol. The minimum absolute atomic E-state index is 0.00387. The number of amides is 2. The van der Waals surface area contributed by atoms with Crippen LogP contribution in [0.4, 0.5) is 4.39 Å². The summed E-state index contributed by atoms with van der Waals surface area (Å²) in [6.07, 6.45) is 2.08. The predicted octanol–water partition coefficient (Wildman–Crippen LogP) is 1.61. The molecule has 2 amide bonds.